The predicted octanol–water partition coefficient (Wildman–Crippen LogP) is 3.31. The summed E-state index contributed by atoms with van der Waals surface area (Å²) in [7, 11) is 0. The molecule has 0 radical (unpaired) electrons. The zero-order valence-corrected chi connectivity index (χ0v) is 11.7. The maximum Gasteiger partial charge on any atom is 0.220 e. The molecule has 1 amide bonds. The molecule has 1 saturated carbocycles. The molecular weight excluding hydrogens is 234 g/mol. The topological polar surface area (TPSA) is 29.1 Å². The first-order chi connectivity index (χ1) is 9.21. The predicted molar refractivity (Wildman–Crippen MR) is 76.8 cm³/mol. The first kappa shape index (κ1) is 12.7. The maximum atomic E-state index is 12.0. The van der Waals surface area contributed by atoms with Crippen LogP contribution < -0.4 is 5.32 Å². The van der Waals surface area contributed by atoms with Crippen LogP contribution in [0.5, 0.6) is 0 Å². The molecule has 1 heterocycles. The van der Waals surface area contributed by atoms with E-state index in [0.717, 1.165) is 12.8 Å². The summed E-state index contributed by atoms with van der Waals surface area (Å²) in [5.74, 6) is 0.920. The summed E-state index contributed by atoms with van der Waals surface area (Å²) in [6.07, 6.45) is 6.83. The van der Waals surface area contributed by atoms with Gasteiger partial charge in [0.25, 0.3) is 0 Å². The summed E-state index contributed by atoms with van der Waals surface area (Å²) in [5, 5.41) is 3.25. The van der Waals surface area contributed by atoms with Gasteiger partial charge in [-0.25, -0.2) is 0 Å². The minimum Gasteiger partial charge on any atom is -0.352 e. The van der Waals surface area contributed by atoms with Gasteiger partial charge >= 0.3 is 0 Å². The number of carbonyl (C=O) groups excluding carboxylic acids is 1. The van der Waals surface area contributed by atoms with Gasteiger partial charge in [0.15, 0.2) is 0 Å². The number of amides is 1. The minimum atomic E-state index is 0.213. The average Bonchev–Trinajstić information content (AvgIpc) is 2.72. The van der Waals surface area contributed by atoms with Gasteiger partial charge in [-0.3, -0.25) is 4.79 Å². The van der Waals surface area contributed by atoms with E-state index < -0.39 is 0 Å². The second kappa shape index (κ2) is 4.99. The lowest BCUT2D eigenvalue weighted by Gasteiger charge is -2.43. The van der Waals surface area contributed by atoms with Crippen molar-refractivity contribution in [1.82, 2.24) is 5.32 Å². The van der Waals surface area contributed by atoms with E-state index in [9.17, 15) is 4.79 Å². The van der Waals surface area contributed by atoms with Crippen molar-refractivity contribution in [3.63, 3.8) is 0 Å². The molecule has 3 rings (SSSR count). The molecule has 1 saturated heterocycles. The van der Waals surface area contributed by atoms with Crippen LogP contribution in [-0.2, 0) is 11.2 Å². The Labute approximate surface area is 115 Å². The fourth-order valence-electron chi connectivity index (χ4n) is 4.13. The van der Waals surface area contributed by atoms with E-state index in [4.69, 9.17) is 0 Å². The van der Waals surface area contributed by atoms with Gasteiger partial charge in [-0.15, -0.1) is 0 Å². The Balaban J connectivity index is 1.84. The molecule has 2 nitrogen and oxygen atoms in total. The van der Waals surface area contributed by atoms with Gasteiger partial charge in [0.05, 0.1) is 0 Å². The molecule has 102 valence electrons. The molecule has 3 atom stereocenters. The molecule has 19 heavy (non-hydrogen) atoms. The lowest BCUT2D eigenvalue weighted by molar-refractivity contribution is -0.120. The molecule has 1 spiro atoms. The van der Waals surface area contributed by atoms with Gasteiger partial charge in [-0.1, -0.05) is 56.5 Å². The van der Waals surface area contributed by atoms with Crippen LogP contribution in [0.25, 0.3) is 0 Å². The number of hydrogen-bond acceptors (Lipinski definition) is 1. The molecule has 2 heteroatoms. The molecule has 0 bridgehead atoms. The van der Waals surface area contributed by atoms with Crippen LogP contribution >= 0.6 is 0 Å². The monoisotopic (exact) mass is 257 g/mol. The van der Waals surface area contributed by atoms with E-state index in [0.29, 0.717) is 12.0 Å². The van der Waals surface area contributed by atoms with Crippen LogP contribution in [0.15, 0.2) is 30.3 Å². The smallest absolute Gasteiger partial charge is 0.220 e. The van der Waals surface area contributed by atoms with Gasteiger partial charge in [0.2, 0.25) is 5.91 Å². The van der Waals surface area contributed by atoms with E-state index in [-0.39, 0.29) is 11.3 Å². The molecular formula is C17H23NO. The zero-order valence-electron chi connectivity index (χ0n) is 11.7. The molecule has 1 aliphatic carbocycles. The Kier molecular flexibility index (Phi) is 3.34. The Morgan fingerprint density at radius 3 is 2.79 bits per heavy atom. The normalized spacial score (nSPS) is 34.5. The van der Waals surface area contributed by atoms with Crippen LogP contribution in [0.4, 0.5) is 0 Å². The Bertz CT molecular complexity index is 456. The van der Waals surface area contributed by atoms with E-state index >= 15 is 0 Å². The van der Waals surface area contributed by atoms with Crippen LogP contribution in [0, 0.1) is 11.3 Å². The highest BCUT2D eigenvalue weighted by Gasteiger charge is 2.50. The summed E-state index contributed by atoms with van der Waals surface area (Å²) in [6, 6.07) is 10.9. The Morgan fingerprint density at radius 1 is 1.26 bits per heavy atom. The van der Waals surface area contributed by atoms with Crippen molar-refractivity contribution >= 4 is 5.91 Å². The molecule has 2 fully saturated rings. The molecule has 1 aromatic rings. The molecule has 2 aliphatic rings. The Morgan fingerprint density at radius 2 is 2.05 bits per heavy atom. The third kappa shape index (κ3) is 2.29. The van der Waals surface area contributed by atoms with Crippen molar-refractivity contribution < 1.29 is 4.79 Å². The lowest BCUT2D eigenvalue weighted by Crippen LogP contribution is -2.44. The van der Waals surface area contributed by atoms with E-state index in [1.165, 1.54) is 31.2 Å². The van der Waals surface area contributed by atoms with Crippen molar-refractivity contribution in [2.24, 2.45) is 11.3 Å². The highest BCUT2D eigenvalue weighted by Crippen LogP contribution is 2.49. The molecule has 1 aromatic carbocycles. The van der Waals surface area contributed by atoms with Crippen LogP contribution in [0.2, 0.25) is 0 Å². The van der Waals surface area contributed by atoms with Gasteiger partial charge < -0.3 is 5.32 Å². The van der Waals surface area contributed by atoms with Gasteiger partial charge in [0.1, 0.15) is 0 Å². The fourth-order valence-corrected chi connectivity index (χ4v) is 4.13. The molecule has 3 unspecified atom stereocenters. The molecule has 1 aliphatic heterocycles. The van der Waals surface area contributed by atoms with Gasteiger partial charge in [-0.05, 0) is 24.3 Å². The second-order valence-electron chi connectivity index (χ2n) is 6.37. The first-order valence-electron chi connectivity index (χ1n) is 7.54. The Hall–Kier alpha value is -1.31. The van der Waals surface area contributed by atoms with E-state index in [2.05, 4.69) is 42.6 Å². The zero-order chi connectivity index (χ0) is 13.3. The molecule has 0 aromatic heterocycles. The van der Waals surface area contributed by atoms with Gasteiger partial charge in [0, 0.05) is 17.9 Å². The highest BCUT2D eigenvalue weighted by molar-refractivity contribution is 5.80. The summed E-state index contributed by atoms with van der Waals surface area (Å²) in [4.78, 5) is 12.0. The van der Waals surface area contributed by atoms with Crippen LogP contribution in [0.3, 0.4) is 0 Å². The SMILES string of the molecule is CC1CCCCC12CC(=O)NC2Cc1ccccc1. The number of hydrogen-bond donors (Lipinski definition) is 1. The van der Waals surface area contributed by atoms with Crippen molar-refractivity contribution in [1.29, 1.82) is 0 Å². The van der Waals surface area contributed by atoms with Crippen molar-refractivity contribution in [2.75, 3.05) is 0 Å². The average molecular weight is 257 g/mol. The minimum absolute atomic E-state index is 0.213. The first-order valence-corrected chi connectivity index (χ1v) is 7.54. The number of rotatable bonds is 2. The molecule has 1 N–H and O–H groups in total. The van der Waals surface area contributed by atoms with Crippen molar-refractivity contribution in [2.45, 2.75) is 51.5 Å². The summed E-state index contributed by atoms with van der Waals surface area (Å²) in [6.45, 7) is 2.34. The third-order valence-corrected chi connectivity index (χ3v) is 5.31. The van der Waals surface area contributed by atoms with Gasteiger partial charge in [-0.2, -0.15) is 0 Å². The second-order valence-corrected chi connectivity index (χ2v) is 6.37. The highest BCUT2D eigenvalue weighted by atomic mass is 16.2. The lowest BCUT2D eigenvalue weighted by atomic mass is 9.62. The number of carbonyl (C=O) groups is 1. The van der Waals surface area contributed by atoms with Crippen LogP contribution in [0.1, 0.15) is 44.6 Å². The fraction of sp³-hybridized carbons (Fsp3) is 0.588. The van der Waals surface area contributed by atoms with Crippen molar-refractivity contribution in [3.05, 3.63) is 35.9 Å². The summed E-state index contributed by atoms with van der Waals surface area (Å²) < 4.78 is 0. The maximum absolute atomic E-state index is 12.0. The largest absolute Gasteiger partial charge is 0.352 e. The van der Waals surface area contributed by atoms with E-state index in [1.807, 2.05) is 0 Å². The number of benzene rings is 1. The summed E-state index contributed by atoms with van der Waals surface area (Å²) >= 11 is 0. The van der Waals surface area contributed by atoms with Crippen molar-refractivity contribution in [3.8, 4) is 0 Å². The standard InChI is InChI=1S/C17H23NO/c1-13-7-5-6-10-17(13)12-16(19)18-15(17)11-14-8-3-2-4-9-14/h2-4,8-9,13,15H,5-7,10-12H2,1H3,(H,18,19). The quantitative estimate of drug-likeness (QED) is 0.865. The van der Waals surface area contributed by atoms with Crippen LogP contribution in [-0.4, -0.2) is 11.9 Å². The third-order valence-electron chi connectivity index (χ3n) is 5.31. The van der Waals surface area contributed by atoms with E-state index in [1.54, 1.807) is 0 Å². The number of nitrogens with one attached hydrogen (secondary N) is 1. The summed E-state index contributed by atoms with van der Waals surface area (Å²) in [5.41, 5.74) is 1.55.